The Morgan fingerprint density at radius 1 is 1.43 bits per heavy atom. The van der Waals surface area contributed by atoms with Gasteiger partial charge in [0.1, 0.15) is 0 Å². The van der Waals surface area contributed by atoms with Crippen LogP contribution in [0.5, 0.6) is 0 Å². The molecule has 0 amide bonds. The van der Waals surface area contributed by atoms with Crippen LogP contribution in [-0.4, -0.2) is 7.11 Å². The number of rotatable bonds is 2. The average Bonchev–Trinajstić information content (AvgIpc) is 2.04. The van der Waals surface area contributed by atoms with E-state index in [2.05, 4.69) is 32.3 Å². The molecular weight excluding hydrogens is 169 g/mol. The summed E-state index contributed by atoms with van der Waals surface area (Å²) in [6, 6.07) is 0. The van der Waals surface area contributed by atoms with Gasteiger partial charge in [0.15, 0.2) is 0 Å². The van der Waals surface area contributed by atoms with Crippen LogP contribution in [0.4, 0.5) is 0 Å². The summed E-state index contributed by atoms with van der Waals surface area (Å²) in [5, 5.41) is 0. The van der Waals surface area contributed by atoms with Crippen LogP contribution in [-0.2, 0) is 4.84 Å². The normalized spacial score (nSPS) is 22.3. The van der Waals surface area contributed by atoms with E-state index in [1.807, 2.05) is 0 Å². The first-order valence-electron chi connectivity index (χ1n) is 4.97. The monoisotopic (exact) mass is 189 g/mol. The van der Waals surface area contributed by atoms with Crippen molar-refractivity contribution in [2.75, 3.05) is 7.11 Å². The molecule has 2 nitrogen and oxygen atoms in total. The fourth-order valence-electron chi connectivity index (χ4n) is 1.81. The molecule has 0 spiro atoms. The first-order valence-corrected chi connectivity index (χ1v) is 4.97. The summed E-state index contributed by atoms with van der Waals surface area (Å²) < 4.78 is 0. The summed E-state index contributed by atoms with van der Waals surface area (Å²) in [7, 11) is 1.61. The van der Waals surface area contributed by atoms with Crippen molar-refractivity contribution in [3.05, 3.63) is 17.3 Å². The van der Waals surface area contributed by atoms with Gasteiger partial charge in [-0.3, -0.25) is 0 Å². The summed E-state index contributed by atoms with van der Waals surface area (Å²) in [6.07, 6.45) is 5.66. The minimum atomic E-state index is 0. The Labute approximate surface area is 99.6 Å². The summed E-state index contributed by atoms with van der Waals surface area (Å²) >= 11 is 0. The smallest absolute Gasteiger partial charge is 0.566 e. The third-order valence-electron chi connectivity index (χ3n) is 2.82. The van der Waals surface area contributed by atoms with Crippen LogP contribution in [0.15, 0.2) is 11.8 Å². The van der Waals surface area contributed by atoms with Gasteiger partial charge < -0.3 is 10.3 Å². The van der Waals surface area contributed by atoms with Gasteiger partial charge in [-0.15, -0.1) is 11.8 Å². The molecule has 0 N–H and O–H groups in total. The molecule has 0 aromatic heterocycles. The van der Waals surface area contributed by atoms with Gasteiger partial charge in [-0.2, -0.15) is 0 Å². The first-order chi connectivity index (χ1) is 6.04. The van der Waals surface area contributed by atoms with Crippen molar-refractivity contribution in [3.8, 4) is 0 Å². The number of allylic oxidation sites excluding steroid dienone is 2. The maximum Gasteiger partial charge on any atom is 1.00 e. The molecule has 1 aliphatic rings. The Morgan fingerprint density at radius 2 is 2.07 bits per heavy atom. The molecule has 0 aromatic carbocycles. The number of hydrogen-bond acceptors (Lipinski definition) is 1. The van der Waals surface area contributed by atoms with E-state index >= 15 is 0 Å². The largest absolute Gasteiger partial charge is 1.00 e. The second kappa shape index (κ2) is 5.85. The molecule has 76 valence electrons. The fraction of sp³-hybridized carbons (Fsp3) is 0.818. The van der Waals surface area contributed by atoms with E-state index in [4.69, 9.17) is 4.84 Å². The Hall–Kier alpha value is 0.0974. The number of nitrogens with zero attached hydrogens (tertiary/aromatic N) is 1. The maximum absolute atomic E-state index is 4.76. The molecule has 0 aliphatic heterocycles. The molecule has 1 unspecified atom stereocenters. The molecule has 0 radical (unpaired) electrons. The van der Waals surface area contributed by atoms with Gasteiger partial charge in [-0.05, 0) is 30.6 Å². The van der Waals surface area contributed by atoms with Crippen LogP contribution in [0.25, 0.3) is 5.48 Å². The van der Waals surface area contributed by atoms with Crippen LogP contribution in [0.3, 0.4) is 0 Å². The van der Waals surface area contributed by atoms with Gasteiger partial charge in [0, 0.05) is 7.11 Å². The zero-order valence-corrected chi connectivity index (χ0v) is 10.1. The quantitative estimate of drug-likeness (QED) is 0.462. The molecule has 1 rings (SSSR count). The van der Waals surface area contributed by atoms with Crippen molar-refractivity contribution in [3.63, 3.8) is 0 Å². The van der Waals surface area contributed by atoms with Crippen LogP contribution in [0.2, 0.25) is 0 Å². The van der Waals surface area contributed by atoms with Crippen molar-refractivity contribution >= 4 is 0 Å². The second-order valence-corrected chi connectivity index (χ2v) is 4.81. The van der Waals surface area contributed by atoms with Crippen LogP contribution < -0.4 is 18.9 Å². The van der Waals surface area contributed by atoms with E-state index in [0.29, 0.717) is 5.41 Å². The molecule has 1 aliphatic carbocycles. The van der Waals surface area contributed by atoms with E-state index in [0.717, 1.165) is 24.5 Å². The second-order valence-electron chi connectivity index (χ2n) is 4.81. The average molecular weight is 189 g/mol. The van der Waals surface area contributed by atoms with Crippen molar-refractivity contribution in [1.29, 1.82) is 0 Å². The molecule has 0 fully saturated rings. The van der Waals surface area contributed by atoms with Gasteiger partial charge in [0.05, 0.1) is 0 Å². The molecule has 1 atom stereocenters. The standard InChI is InChI=1S/C11H20NO.Li/c1-11(2,3)9-5-7-10(8-6-9)12-13-4;/h7,9H,5-6,8H2,1-4H3;/q-1;+1. The first kappa shape index (κ1) is 14.1. The predicted molar refractivity (Wildman–Crippen MR) is 55.2 cm³/mol. The molecule has 0 heterocycles. The third kappa shape index (κ3) is 4.08. The van der Waals surface area contributed by atoms with E-state index in [1.165, 1.54) is 6.42 Å². The molecular formula is C11H20LiNO. The molecule has 14 heavy (non-hydrogen) atoms. The van der Waals surface area contributed by atoms with Crippen LogP contribution in [0.1, 0.15) is 40.0 Å². The minimum Gasteiger partial charge on any atom is -0.566 e. The summed E-state index contributed by atoms with van der Waals surface area (Å²) in [5.41, 5.74) is 5.50. The summed E-state index contributed by atoms with van der Waals surface area (Å²) in [4.78, 5) is 4.76. The van der Waals surface area contributed by atoms with E-state index in [-0.39, 0.29) is 18.9 Å². The van der Waals surface area contributed by atoms with Crippen molar-refractivity contribution in [2.45, 2.75) is 40.0 Å². The van der Waals surface area contributed by atoms with E-state index in [1.54, 1.807) is 7.11 Å². The molecule has 0 bridgehead atoms. The van der Waals surface area contributed by atoms with Crippen LogP contribution >= 0.6 is 0 Å². The number of hydrogen-bond donors (Lipinski definition) is 0. The van der Waals surface area contributed by atoms with Crippen molar-refractivity contribution in [2.24, 2.45) is 11.3 Å². The van der Waals surface area contributed by atoms with E-state index < -0.39 is 0 Å². The predicted octanol–water partition coefficient (Wildman–Crippen LogP) is 0.656. The summed E-state index contributed by atoms with van der Waals surface area (Å²) in [6.45, 7) is 6.93. The van der Waals surface area contributed by atoms with Crippen LogP contribution in [0, 0.1) is 11.3 Å². The molecule has 0 saturated heterocycles. The molecule has 0 saturated carbocycles. The van der Waals surface area contributed by atoms with Crippen molar-refractivity contribution in [1.82, 2.24) is 0 Å². The van der Waals surface area contributed by atoms with E-state index in [9.17, 15) is 0 Å². The third-order valence-corrected chi connectivity index (χ3v) is 2.82. The zero-order chi connectivity index (χ0) is 9.90. The molecule has 3 heteroatoms. The zero-order valence-electron chi connectivity index (χ0n) is 10.1. The Morgan fingerprint density at radius 3 is 2.43 bits per heavy atom. The van der Waals surface area contributed by atoms with Gasteiger partial charge >= 0.3 is 18.9 Å². The van der Waals surface area contributed by atoms with Gasteiger partial charge in [0.2, 0.25) is 0 Å². The minimum absolute atomic E-state index is 0. The maximum atomic E-state index is 4.76. The topological polar surface area (TPSA) is 23.3 Å². The van der Waals surface area contributed by atoms with Crippen molar-refractivity contribution < 1.29 is 23.7 Å². The summed E-state index contributed by atoms with van der Waals surface area (Å²) in [5.74, 6) is 0.795. The van der Waals surface area contributed by atoms with Gasteiger partial charge in [0.25, 0.3) is 0 Å². The fourth-order valence-corrected chi connectivity index (χ4v) is 1.81. The SMILES string of the molecule is CO[N-]C1=CCC(C(C)(C)C)CC1.[Li+]. The number of hydroxylamine groups is 1. The molecule has 0 aromatic rings. The Bertz CT molecular complexity index is 196. The Balaban J connectivity index is 0.00000169. The van der Waals surface area contributed by atoms with Gasteiger partial charge in [-0.25, -0.2) is 0 Å². The Kier molecular flexibility index (Phi) is 5.89. The van der Waals surface area contributed by atoms with Gasteiger partial charge in [-0.1, -0.05) is 20.8 Å².